The zero-order chi connectivity index (χ0) is 15.6. The number of hydrogen-bond donors (Lipinski definition) is 0. The summed E-state index contributed by atoms with van der Waals surface area (Å²) in [5.41, 5.74) is -0.721. The Balaban J connectivity index is 2.82. The molecule has 0 aliphatic rings. The van der Waals surface area contributed by atoms with E-state index in [4.69, 9.17) is 18.6 Å². The topological polar surface area (TPSA) is 92.0 Å². The molecular formula is C14H12O7. The monoisotopic (exact) mass is 292 g/mol. The van der Waals surface area contributed by atoms with Gasteiger partial charge in [-0.2, -0.15) is 0 Å². The molecule has 0 spiro atoms. The molecule has 0 aliphatic carbocycles. The first-order chi connectivity index (χ1) is 9.93. The number of carbonyl (C=O) groups excluding carboxylic acids is 2. The van der Waals surface area contributed by atoms with E-state index in [2.05, 4.69) is 0 Å². The van der Waals surface area contributed by atoms with Crippen molar-refractivity contribution in [2.24, 2.45) is 0 Å². The van der Waals surface area contributed by atoms with Gasteiger partial charge in [0.1, 0.15) is 16.7 Å². The molecule has 0 unspecified atom stereocenters. The van der Waals surface area contributed by atoms with Gasteiger partial charge in [-0.3, -0.25) is 9.59 Å². The molecule has 0 fully saturated rings. The van der Waals surface area contributed by atoms with E-state index in [1.165, 1.54) is 26.2 Å². The third kappa shape index (κ3) is 2.86. The summed E-state index contributed by atoms with van der Waals surface area (Å²) in [6.45, 7) is 2.37. The van der Waals surface area contributed by atoms with Crippen LogP contribution in [0.5, 0.6) is 17.2 Å². The van der Waals surface area contributed by atoms with Gasteiger partial charge in [-0.1, -0.05) is 6.07 Å². The summed E-state index contributed by atoms with van der Waals surface area (Å²) in [6.07, 6.45) is 0. The molecule has 0 amide bonds. The summed E-state index contributed by atoms with van der Waals surface area (Å²) >= 11 is 0. The molecule has 2 aromatic rings. The van der Waals surface area contributed by atoms with Crippen LogP contribution in [0.1, 0.15) is 13.8 Å². The lowest BCUT2D eigenvalue weighted by Gasteiger charge is -2.12. The van der Waals surface area contributed by atoms with Gasteiger partial charge >= 0.3 is 17.6 Å². The molecular weight excluding hydrogens is 280 g/mol. The molecule has 7 nitrogen and oxygen atoms in total. The number of esters is 2. The van der Waals surface area contributed by atoms with Gasteiger partial charge in [0, 0.05) is 13.8 Å². The van der Waals surface area contributed by atoms with Gasteiger partial charge in [0.25, 0.3) is 5.75 Å². The van der Waals surface area contributed by atoms with Crippen LogP contribution < -0.4 is 19.8 Å². The van der Waals surface area contributed by atoms with Crippen LogP contribution in [0.25, 0.3) is 11.0 Å². The van der Waals surface area contributed by atoms with E-state index in [9.17, 15) is 14.4 Å². The molecule has 0 aliphatic heterocycles. The van der Waals surface area contributed by atoms with Crippen LogP contribution >= 0.6 is 0 Å². The summed E-state index contributed by atoms with van der Waals surface area (Å²) in [5.74, 6) is -1.55. The molecule has 21 heavy (non-hydrogen) atoms. The van der Waals surface area contributed by atoms with Gasteiger partial charge < -0.3 is 18.6 Å². The quantitative estimate of drug-likeness (QED) is 0.482. The Morgan fingerprint density at radius 1 is 1.05 bits per heavy atom. The van der Waals surface area contributed by atoms with Crippen LogP contribution in [0.15, 0.2) is 27.4 Å². The molecule has 110 valence electrons. The van der Waals surface area contributed by atoms with Gasteiger partial charge in [-0.15, -0.1) is 0 Å². The molecule has 1 aromatic heterocycles. The average Bonchev–Trinajstić information content (AvgIpc) is 2.39. The molecule has 0 radical (unpaired) electrons. The molecule has 1 aromatic carbocycles. The van der Waals surface area contributed by atoms with Crippen LogP contribution in [-0.2, 0) is 9.59 Å². The van der Waals surface area contributed by atoms with Crippen LogP contribution in [0.3, 0.4) is 0 Å². The Morgan fingerprint density at radius 3 is 2.29 bits per heavy atom. The number of hydrogen-bond acceptors (Lipinski definition) is 7. The lowest BCUT2D eigenvalue weighted by Crippen LogP contribution is -2.13. The number of rotatable bonds is 3. The predicted molar refractivity (Wildman–Crippen MR) is 71.7 cm³/mol. The molecule has 2 rings (SSSR count). The van der Waals surface area contributed by atoms with Gasteiger partial charge in [0.15, 0.2) is 5.75 Å². The highest BCUT2D eigenvalue weighted by molar-refractivity contribution is 5.93. The molecule has 7 heteroatoms. The summed E-state index contributed by atoms with van der Waals surface area (Å²) in [4.78, 5) is 34.1. The van der Waals surface area contributed by atoms with Crippen molar-refractivity contribution in [2.75, 3.05) is 7.11 Å². The Morgan fingerprint density at radius 2 is 1.71 bits per heavy atom. The maximum Gasteiger partial charge on any atom is 0.383 e. The Labute approximate surface area is 119 Å². The average molecular weight is 292 g/mol. The third-order valence-corrected chi connectivity index (χ3v) is 2.51. The van der Waals surface area contributed by atoms with E-state index in [1.54, 1.807) is 6.07 Å². The van der Waals surface area contributed by atoms with Crippen molar-refractivity contribution in [3.05, 3.63) is 28.6 Å². The smallest absolute Gasteiger partial charge is 0.383 e. The summed E-state index contributed by atoms with van der Waals surface area (Å²) < 4.78 is 20.1. The summed E-state index contributed by atoms with van der Waals surface area (Å²) in [5, 5.41) is 0.228. The Kier molecular flexibility index (Phi) is 3.93. The van der Waals surface area contributed by atoms with Crippen molar-refractivity contribution >= 4 is 22.9 Å². The first kappa shape index (κ1) is 14.6. The van der Waals surface area contributed by atoms with Gasteiger partial charge in [0.05, 0.1) is 7.11 Å². The van der Waals surface area contributed by atoms with E-state index >= 15 is 0 Å². The highest BCUT2D eigenvalue weighted by Gasteiger charge is 2.22. The van der Waals surface area contributed by atoms with Crippen LogP contribution in [0.4, 0.5) is 0 Å². The number of carbonyl (C=O) groups is 2. The minimum atomic E-state index is -0.866. The van der Waals surface area contributed by atoms with Crippen molar-refractivity contribution in [1.82, 2.24) is 0 Å². The lowest BCUT2D eigenvalue weighted by atomic mass is 10.2. The summed E-state index contributed by atoms with van der Waals surface area (Å²) in [6, 6.07) is 4.56. The van der Waals surface area contributed by atoms with E-state index in [-0.39, 0.29) is 22.5 Å². The van der Waals surface area contributed by atoms with Crippen molar-refractivity contribution in [3.8, 4) is 17.2 Å². The number of fused-ring (bicyclic) bond motifs is 1. The number of ether oxygens (including phenoxy) is 3. The highest BCUT2D eigenvalue weighted by atomic mass is 16.6. The summed E-state index contributed by atoms with van der Waals surface area (Å²) in [7, 11) is 1.30. The normalized spacial score (nSPS) is 10.2. The predicted octanol–water partition coefficient (Wildman–Crippen LogP) is 1.65. The second-order valence-electron chi connectivity index (χ2n) is 4.07. The van der Waals surface area contributed by atoms with Crippen molar-refractivity contribution in [2.45, 2.75) is 13.8 Å². The minimum absolute atomic E-state index is 0.0340. The Hall–Kier alpha value is -2.83. The standard InChI is InChI=1S/C14H12O7/c1-7(15)19-9-5-4-6-10-11(9)12(18-3)13(14(17)21-10)20-8(2)16/h4-6H,1-3H3. The maximum atomic E-state index is 11.9. The van der Waals surface area contributed by atoms with Crippen LogP contribution in [0, 0.1) is 0 Å². The van der Waals surface area contributed by atoms with Gasteiger partial charge in [0.2, 0.25) is 0 Å². The second-order valence-corrected chi connectivity index (χ2v) is 4.07. The maximum absolute atomic E-state index is 11.9. The fraction of sp³-hybridized carbons (Fsp3) is 0.214. The van der Waals surface area contributed by atoms with Gasteiger partial charge in [-0.05, 0) is 12.1 Å². The van der Waals surface area contributed by atoms with Crippen LogP contribution in [0.2, 0.25) is 0 Å². The van der Waals surface area contributed by atoms with E-state index < -0.39 is 23.3 Å². The largest absolute Gasteiger partial charge is 0.492 e. The van der Waals surface area contributed by atoms with E-state index in [0.717, 1.165) is 6.92 Å². The highest BCUT2D eigenvalue weighted by Crippen LogP contribution is 2.38. The first-order valence-electron chi connectivity index (χ1n) is 5.94. The molecule has 0 saturated heterocycles. The fourth-order valence-corrected chi connectivity index (χ4v) is 1.84. The number of benzene rings is 1. The molecule has 1 heterocycles. The number of methoxy groups -OCH3 is 1. The zero-order valence-electron chi connectivity index (χ0n) is 11.6. The van der Waals surface area contributed by atoms with Crippen LogP contribution in [-0.4, -0.2) is 19.0 Å². The van der Waals surface area contributed by atoms with E-state index in [1.807, 2.05) is 0 Å². The molecule has 0 saturated carbocycles. The SMILES string of the molecule is COc1c(OC(C)=O)c(=O)oc2cccc(OC(C)=O)c12. The fourth-order valence-electron chi connectivity index (χ4n) is 1.84. The van der Waals surface area contributed by atoms with Crippen molar-refractivity contribution in [3.63, 3.8) is 0 Å². The Bertz CT molecular complexity index is 773. The van der Waals surface area contributed by atoms with Gasteiger partial charge in [-0.25, -0.2) is 4.79 Å². The zero-order valence-corrected chi connectivity index (χ0v) is 11.6. The van der Waals surface area contributed by atoms with Crippen molar-refractivity contribution in [1.29, 1.82) is 0 Å². The third-order valence-electron chi connectivity index (χ3n) is 2.51. The second kappa shape index (κ2) is 5.66. The minimum Gasteiger partial charge on any atom is -0.492 e. The lowest BCUT2D eigenvalue weighted by molar-refractivity contribution is -0.133. The first-order valence-corrected chi connectivity index (χ1v) is 5.94. The van der Waals surface area contributed by atoms with Crippen molar-refractivity contribution < 1.29 is 28.2 Å². The molecule has 0 atom stereocenters. The molecule has 0 bridgehead atoms. The molecule has 0 N–H and O–H groups in total. The van der Waals surface area contributed by atoms with E-state index in [0.29, 0.717) is 0 Å².